The predicted octanol–water partition coefficient (Wildman–Crippen LogP) is 2.17. The molecule has 0 radical (unpaired) electrons. The fourth-order valence-corrected chi connectivity index (χ4v) is 4.34. The summed E-state index contributed by atoms with van der Waals surface area (Å²) in [6, 6.07) is 0.284. The van der Waals surface area contributed by atoms with E-state index in [9.17, 15) is 13.2 Å². The minimum atomic E-state index is -3.17. The maximum atomic E-state index is 12.3. The number of fused-ring (bicyclic) bond motifs is 1. The van der Waals surface area contributed by atoms with E-state index in [0.29, 0.717) is 12.0 Å². The SMILES string of the molecule is CC(C)(C)S(=O)(=O)CCNC(=O)N1CC[C@H]2CCCC[C@@H]21. The number of likely N-dealkylation sites (tertiary alicyclic amines) is 1. The Morgan fingerprint density at radius 3 is 2.52 bits per heavy atom. The van der Waals surface area contributed by atoms with Crippen LogP contribution in [0.1, 0.15) is 52.9 Å². The molecule has 2 atom stereocenters. The molecule has 0 bridgehead atoms. The molecule has 1 N–H and O–H groups in total. The van der Waals surface area contributed by atoms with Gasteiger partial charge in [0.05, 0.1) is 10.5 Å². The highest BCUT2D eigenvalue weighted by Crippen LogP contribution is 2.35. The molecule has 2 fully saturated rings. The van der Waals surface area contributed by atoms with Gasteiger partial charge in [-0.2, -0.15) is 0 Å². The zero-order valence-corrected chi connectivity index (χ0v) is 14.2. The summed E-state index contributed by atoms with van der Waals surface area (Å²) in [5, 5.41) is 2.79. The first-order valence-electron chi connectivity index (χ1n) is 7.99. The third-order valence-electron chi connectivity index (χ3n) is 4.85. The van der Waals surface area contributed by atoms with Crippen LogP contribution in [0.5, 0.6) is 0 Å². The van der Waals surface area contributed by atoms with E-state index in [1.54, 1.807) is 20.8 Å². The van der Waals surface area contributed by atoms with Gasteiger partial charge in [0.25, 0.3) is 0 Å². The van der Waals surface area contributed by atoms with Gasteiger partial charge < -0.3 is 10.2 Å². The summed E-state index contributed by atoms with van der Waals surface area (Å²) in [4.78, 5) is 14.2. The molecule has 1 saturated heterocycles. The van der Waals surface area contributed by atoms with E-state index >= 15 is 0 Å². The van der Waals surface area contributed by atoms with Gasteiger partial charge in [0, 0.05) is 19.1 Å². The Bertz CT molecular complexity index is 482. The van der Waals surface area contributed by atoms with Crippen LogP contribution in [0.3, 0.4) is 0 Å². The summed E-state index contributed by atoms with van der Waals surface area (Å²) in [6.45, 7) is 6.09. The quantitative estimate of drug-likeness (QED) is 0.868. The molecule has 6 heteroatoms. The lowest BCUT2D eigenvalue weighted by Crippen LogP contribution is -2.46. The molecule has 0 unspecified atom stereocenters. The lowest BCUT2D eigenvalue weighted by atomic mass is 9.85. The molecular formula is C15H28N2O3S. The van der Waals surface area contributed by atoms with Gasteiger partial charge in [0.1, 0.15) is 0 Å². The van der Waals surface area contributed by atoms with Gasteiger partial charge in [-0.05, 0) is 46.0 Å². The van der Waals surface area contributed by atoms with Crippen LogP contribution in [-0.2, 0) is 9.84 Å². The van der Waals surface area contributed by atoms with Crippen LogP contribution >= 0.6 is 0 Å². The second-order valence-corrected chi connectivity index (χ2v) is 10.1. The minimum Gasteiger partial charge on any atom is -0.337 e. The molecule has 2 amide bonds. The van der Waals surface area contributed by atoms with Gasteiger partial charge in [0.15, 0.2) is 9.84 Å². The number of hydrogen-bond donors (Lipinski definition) is 1. The van der Waals surface area contributed by atoms with Crippen LogP contribution in [0, 0.1) is 5.92 Å². The number of urea groups is 1. The summed E-state index contributed by atoms with van der Waals surface area (Å²) < 4.78 is 23.3. The lowest BCUT2D eigenvalue weighted by molar-refractivity contribution is 0.170. The van der Waals surface area contributed by atoms with Crippen LogP contribution in [0.25, 0.3) is 0 Å². The predicted molar refractivity (Wildman–Crippen MR) is 84.0 cm³/mol. The van der Waals surface area contributed by atoms with E-state index in [1.807, 2.05) is 4.90 Å². The third kappa shape index (κ3) is 3.71. The van der Waals surface area contributed by atoms with E-state index in [0.717, 1.165) is 19.4 Å². The van der Waals surface area contributed by atoms with E-state index in [2.05, 4.69) is 5.32 Å². The van der Waals surface area contributed by atoms with E-state index in [4.69, 9.17) is 0 Å². The molecule has 0 aromatic carbocycles. The van der Waals surface area contributed by atoms with Gasteiger partial charge in [0.2, 0.25) is 0 Å². The molecule has 1 aliphatic heterocycles. The first kappa shape index (κ1) is 16.6. The average Bonchev–Trinajstić information content (AvgIpc) is 2.80. The number of hydrogen-bond acceptors (Lipinski definition) is 3. The van der Waals surface area contributed by atoms with Crippen molar-refractivity contribution in [2.45, 2.75) is 63.7 Å². The van der Waals surface area contributed by atoms with E-state index in [1.165, 1.54) is 19.3 Å². The molecule has 21 heavy (non-hydrogen) atoms. The van der Waals surface area contributed by atoms with Crippen molar-refractivity contribution in [3.05, 3.63) is 0 Å². The molecule has 2 aliphatic rings. The number of carbonyl (C=O) groups excluding carboxylic acids is 1. The molecule has 122 valence electrons. The van der Waals surface area contributed by atoms with Crippen molar-refractivity contribution in [3.63, 3.8) is 0 Å². The normalized spacial score (nSPS) is 26.5. The minimum absolute atomic E-state index is 0.00414. The van der Waals surface area contributed by atoms with Crippen molar-refractivity contribution in [2.75, 3.05) is 18.8 Å². The van der Waals surface area contributed by atoms with Gasteiger partial charge in [-0.3, -0.25) is 0 Å². The van der Waals surface area contributed by atoms with Crippen LogP contribution in [-0.4, -0.2) is 49.0 Å². The average molecular weight is 316 g/mol. The van der Waals surface area contributed by atoms with Gasteiger partial charge >= 0.3 is 6.03 Å². The smallest absolute Gasteiger partial charge is 0.317 e. The zero-order chi connectivity index (χ0) is 15.7. The summed E-state index contributed by atoms with van der Waals surface area (Å²) in [7, 11) is -3.17. The highest BCUT2D eigenvalue weighted by molar-refractivity contribution is 7.92. The number of rotatable bonds is 3. The Labute approximate surface area is 128 Å². The lowest BCUT2D eigenvalue weighted by Gasteiger charge is -2.31. The molecule has 0 aromatic heterocycles. The standard InChI is InChI=1S/C15H28N2O3S/c1-15(2,3)21(19,20)11-9-16-14(18)17-10-8-12-6-4-5-7-13(12)17/h12-13H,4-11H2,1-3H3,(H,16,18)/t12-,13+/m1/s1. The Hall–Kier alpha value is -0.780. The highest BCUT2D eigenvalue weighted by Gasteiger charge is 2.38. The second-order valence-electron chi connectivity index (χ2n) is 7.26. The number of amides is 2. The fraction of sp³-hybridized carbons (Fsp3) is 0.933. The second kappa shape index (κ2) is 6.15. The highest BCUT2D eigenvalue weighted by atomic mass is 32.2. The molecule has 0 aromatic rings. The fourth-order valence-electron chi connectivity index (χ4n) is 3.36. The monoisotopic (exact) mass is 316 g/mol. The molecule has 2 rings (SSSR count). The maximum absolute atomic E-state index is 12.3. The number of carbonyl (C=O) groups is 1. The van der Waals surface area contributed by atoms with Gasteiger partial charge in [-0.25, -0.2) is 13.2 Å². The summed E-state index contributed by atoms with van der Waals surface area (Å²) in [5.74, 6) is 0.660. The van der Waals surface area contributed by atoms with Crippen molar-refractivity contribution in [3.8, 4) is 0 Å². The van der Waals surface area contributed by atoms with Crippen molar-refractivity contribution < 1.29 is 13.2 Å². The number of nitrogens with one attached hydrogen (secondary N) is 1. The zero-order valence-electron chi connectivity index (χ0n) is 13.4. The van der Waals surface area contributed by atoms with Crippen molar-refractivity contribution >= 4 is 15.9 Å². The largest absolute Gasteiger partial charge is 0.337 e. The molecule has 0 spiro atoms. The Morgan fingerprint density at radius 2 is 1.86 bits per heavy atom. The van der Waals surface area contributed by atoms with E-state index < -0.39 is 14.6 Å². The third-order valence-corrected chi connectivity index (χ3v) is 7.46. The molecule has 1 heterocycles. The Balaban J connectivity index is 1.83. The van der Waals surface area contributed by atoms with Crippen molar-refractivity contribution in [2.24, 2.45) is 5.92 Å². The summed E-state index contributed by atoms with van der Waals surface area (Å²) in [6.07, 6.45) is 5.90. The Morgan fingerprint density at radius 1 is 1.19 bits per heavy atom. The Kier molecular flexibility index (Phi) is 4.85. The first-order valence-corrected chi connectivity index (χ1v) is 9.64. The summed E-state index contributed by atoms with van der Waals surface area (Å²) in [5.41, 5.74) is 0. The molecule has 1 saturated carbocycles. The van der Waals surface area contributed by atoms with Gasteiger partial charge in [-0.15, -0.1) is 0 Å². The molecular weight excluding hydrogens is 288 g/mol. The van der Waals surface area contributed by atoms with Crippen LogP contribution in [0.2, 0.25) is 0 Å². The topological polar surface area (TPSA) is 66.5 Å². The van der Waals surface area contributed by atoms with Crippen LogP contribution in [0.15, 0.2) is 0 Å². The summed E-state index contributed by atoms with van der Waals surface area (Å²) >= 11 is 0. The van der Waals surface area contributed by atoms with E-state index in [-0.39, 0.29) is 18.3 Å². The van der Waals surface area contributed by atoms with Crippen LogP contribution in [0.4, 0.5) is 4.79 Å². The number of nitrogens with zero attached hydrogens (tertiary/aromatic N) is 1. The number of sulfone groups is 1. The van der Waals surface area contributed by atoms with Crippen molar-refractivity contribution in [1.29, 1.82) is 0 Å². The molecule has 1 aliphatic carbocycles. The van der Waals surface area contributed by atoms with Crippen LogP contribution < -0.4 is 5.32 Å². The molecule has 5 nitrogen and oxygen atoms in total. The first-order chi connectivity index (χ1) is 9.72. The van der Waals surface area contributed by atoms with Gasteiger partial charge in [-0.1, -0.05) is 12.8 Å². The maximum Gasteiger partial charge on any atom is 0.317 e. The van der Waals surface area contributed by atoms with Crippen molar-refractivity contribution in [1.82, 2.24) is 10.2 Å².